The first-order valence-electron chi connectivity index (χ1n) is 8.07. The highest BCUT2D eigenvalue weighted by Crippen LogP contribution is 1.93. The van der Waals surface area contributed by atoms with E-state index >= 15 is 0 Å². The van der Waals surface area contributed by atoms with Gasteiger partial charge < -0.3 is 46.6 Å². The van der Waals surface area contributed by atoms with Gasteiger partial charge in [0.15, 0.2) is 0 Å². The molecule has 23 heavy (non-hydrogen) atoms. The van der Waals surface area contributed by atoms with Crippen LogP contribution < -0.4 is 16.0 Å². The molecule has 0 bridgehead atoms. The van der Waals surface area contributed by atoms with Crippen molar-refractivity contribution in [1.82, 2.24) is 16.0 Å². The van der Waals surface area contributed by atoms with Gasteiger partial charge in [-0.2, -0.15) is 0 Å². The number of hydrogen-bond acceptors (Lipinski definition) is 9. The molecule has 0 spiro atoms. The van der Waals surface area contributed by atoms with Crippen molar-refractivity contribution in [3.8, 4) is 0 Å². The van der Waals surface area contributed by atoms with Crippen molar-refractivity contribution in [2.75, 3.05) is 52.6 Å². The fraction of sp³-hybridized carbons (Fsp3) is 1.00. The molecule has 0 saturated heterocycles. The number of hydrogen-bond donors (Lipinski definition) is 9. The van der Waals surface area contributed by atoms with Crippen LogP contribution in [0.25, 0.3) is 0 Å². The van der Waals surface area contributed by atoms with E-state index in [9.17, 15) is 10.2 Å². The molecule has 9 N–H and O–H groups in total. The van der Waals surface area contributed by atoms with Crippen LogP contribution in [-0.4, -0.2) is 108 Å². The van der Waals surface area contributed by atoms with Crippen molar-refractivity contribution in [3.63, 3.8) is 0 Å². The Bertz CT molecular complexity index is 239. The van der Waals surface area contributed by atoms with Crippen molar-refractivity contribution < 1.29 is 30.6 Å². The third kappa shape index (κ3) is 10.9. The highest BCUT2D eigenvalue weighted by atomic mass is 16.3. The Morgan fingerprint density at radius 1 is 0.565 bits per heavy atom. The van der Waals surface area contributed by atoms with E-state index in [0.29, 0.717) is 13.1 Å². The number of nitrogens with one attached hydrogen (secondary N) is 3. The predicted octanol–water partition coefficient (Wildman–Crippen LogP) is -4.04. The summed E-state index contributed by atoms with van der Waals surface area (Å²) in [6, 6.07) is -1.03. The van der Waals surface area contributed by atoms with Gasteiger partial charge in [-0.3, -0.25) is 0 Å². The molecule has 9 nitrogen and oxygen atoms in total. The quantitative estimate of drug-likeness (QED) is 0.128. The second-order valence-electron chi connectivity index (χ2n) is 5.44. The Morgan fingerprint density at radius 2 is 0.957 bits per heavy atom. The Labute approximate surface area is 137 Å². The fourth-order valence-corrected chi connectivity index (χ4v) is 2.03. The van der Waals surface area contributed by atoms with Gasteiger partial charge in [-0.25, -0.2) is 0 Å². The zero-order valence-electron chi connectivity index (χ0n) is 13.6. The minimum Gasteiger partial charge on any atom is -0.395 e. The molecule has 0 aliphatic heterocycles. The lowest BCUT2D eigenvalue weighted by molar-refractivity contribution is 0.0416. The molecule has 0 aromatic rings. The van der Waals surface area contributed by atoms with Crippen molar-refractivity contribution in [2.24, 2.45) is 0 Å². The maximum absolute atomic E-state index is 9.39. The first-order valence-corrected chi connectivity index (χ1v) is 8.07. The maximum Gasteiger partial charge on any atom is 0.0945 e. The van der Waals surface area contributed by atoms with Gasteiger partial charge in [-0.05, 0) is 39.0 Å². The molecule has 0 unspecified atom stereocenters. The normalized spacial score (nSPS) is 17.0. The van der Waals surface area contributed by atoms with Crippen LogP contribution in [0.5, 0.6) is 0 Å². The third-order valence-corrected chi connectivity index (χ3v) is 3.57. The van der Waals surface area contributed by atoms with Crippen LogP contribution in [0.15, 0.2) is 0 Å². The van der Waals surface area contributed by atoms with E-state index < -0.39 is 24.3 Å². The average Bonchev–Trinajstić information content (AvgIpc) is 2.58. The summed E-state index contributed by atoms with van der Waals surface area (Å²) in [7, 11) is 0. The van der Waals surface area contributed by atoms with Crippen molar-refractivity contribution in [2.45, 2.75) is 37.1 Å². The Kier molecular flexibility index (Phi) is 14.9. The van der Waals surface area contributed by atoms with Gasteiger partial charge in [0.2, 0.25) is 0 Å². The van der Waals surface area contributed by atoms with Crippen LogP contribution >= 0.6 is 0 Å². The second kappa shape index (κ2) is 15.2. The molecular formula is C14H33N3O6. The molecule has 0 aromatic heterocycles. The predicted molar refractivity (Wildman–Crippen MR) is 86.0 cm³/mol. The Morgan fingerprint density at radius 3 is 1.26 bits per heavy atom. The summed E-state index contributed by atoms with van der Waals surface area (Å²) in [5, 5.41) is 63.6. The molecule has 0 aliphatic carbocycles. The van der Waals surface area contributed by atoms with E-state index in [-0.39, 0.29) is 26.4 Å². The minimum absolute atomic E-state index is 0.230. The van der Waals surface area contributed by atoms with Crippen LogP contribution in [0, 0.1) is 0 Å². The first kappa shape index (κ1) is 22.6. The van der Waals surface area contributed by atoms with Gasteiger partial charge in [-0.15, -0.1) is 0 Å². The van der Waals surface area contributed by atoms with E-state index in [1.807, 2.05) is 0 Å². The summed E-state index contributed by atoms with van der Waals surface area (Å²) in [5.41, 5.74) is 0. The number of rotatable bonds is 16. The topological polar surface area (TPSA) is 157 Å². The summed E-state index contributed by atoms with van der Waals surface area (Å²) in [5.74, 6) is 0. The van der Waals surface area contributed by atoms with Gasteiger partial charge in [0, 0.05) is 0 Å². The molecular weight excluding hydrogens is 306 g/mol. The highest BCUT2D eigenvalue weighted by Gasteiger charge is 2.16. The lowest BCUT2D eigenvalue weighted by atomic mass is 10.2. The zero-order valence-corrected chi connectivity index (χ0v) is 13.6. The monoisotopic (exact) mass is 339 g/mol. The Balaban J connectivity index is 3.49. The minimum atomic E-state index is -0.965. The number of aliphatic hydroxyl groups excluding tert-OH is 6. The van der Waals surface area contributed by atoms with Crippen LogP contribution in [0.3, 0.4) is 0 Å². The molecule has 0 radical (unpaired) electrons. The van der Waals surface area contributed by atoms with Crippen LogP contribution in [0.4, 0.5) is 0 Å². The molecule has 0 aromatic carbocycles. The highest BCUT2D eigenvalue weighted by molar-refractivity contribution is 4.75. The number of aliphatic hydroxyl groups is 6. The molecule has 4 atom stereocenters. The van der Waals surface area contributed by atoms with Crippen LogP contribution in [0.2, 0.25) is 0 Å². The van der Waals surface area contributed by atoms with Crippen LogP contribution in [-0.2, 0) is 0 Å². The maximum atomic E-state index is 9.39. The standard InChI is InChI=1S/C14H33N3O6/c18-7-11(13(22)9-20)16-5-1-3-15-4-2-6-17-12(8-19)14(23)10-21/h11-23H,1-10H2/t11-,12-,13-,14-/m0/s1. The average molecular weight is 339 g/mol. The third-order valence-electron chi connectivity index (χ3n) is 3.57. The van der Waals surface area contributed by atoms with Gasteiger partial charge in [0.25, 0.3) is 0 Å². The molecule has 0 fully saturated rings. The lowest BCUT2D eigenvalue weighted by Gasteiger charge is -2.21. The summed E-state index contributed by atoms with van der Waals surface area (Å²) in [6.45, 7) is 1.53. The van der Waals surface area contributed by atoms with E-state index in [0.717, 1.165) is 25.9 Å². The molecule has 0 rings (SSSR count). The summed E-state index contributed by atoms with van der Waals surface area (Å²) >= 11 is 0. The van der Waals surface area contributed by atoms with Gasteiger partial charge in [0.05, 0.1) is 50.7 Å². The van der Waals surface area contributed by atoms with E-state index in [1.165, 1.54) is 0 Å². The van der Waals surface area contributed by atoms with Gasteiger partial charge in [0.1, 0.15) is 0 Å². The largest absolute Gasteiger partial charge is 0.395 e. The SMILES string of the molecule is OC[C@H](NCCCNCCCN[C@@H](CO)[C@@H](O)CO)[C@@H](O)CO. The Hall–Kier alpha value is -0.360. The van der Waals surface area contributed by atoms with Gasteiger partial charge >= 0.3 is 0 Å². The second-order valence-corrected chi connectivity index (χ2v) is 5.44. The lowest BCUT2D eigenvalue weighted by Crippen LogP contribution is -2.45. The van der Waals surface area contributed by atoms with Crippen molar-refractivity contribution in [1.29, 1.82) is 0 Å². The van der Waals surface area contributed by atoms with Crippen molar-refractivity contribution in [3.05, 3.63) is 0 Å². The van der Waals surface area contributed by atoms with Gasteiger partial charge in [-0.1, -0.05) is 0 Å². The zero-order chi connectivity index (χ0) is 17.5. The molecule has 9 heteroatoms. The van der Waals surface area contributed by atoms with E-state index in [1.54, 1.807) is 0 Å². The molecule has 0 heterocycles. The summed E-state index contributed by atoms with van der Waals surface area (Å²) in [6.07, 6.45) is -0.310. The summed E-state index contributed by atoms with van der Waals surface area (Å²) in [4.78, 5) is 0. The summed E-state index contributed by atoms with van der Waals surface area (Å²) < 4.78 is 0. The molecule has 0 saturated carbocycles. The fourth-order valence-electron chi connectivity index (χ4n) is 2.03. The van der Waals surface area contributed by atoms with Crippen molar-refractivity contribution >= 4 is 0 Å². The molecule has 0 aliphatic rings. The molecule has 140 valence electrons. The first-order chi connectivity index (χ1) is 11.1. The smallest absolute Gasteiger partial charge is 0.0945 e. The van der Waals surface area contributed by atoms with E-state index in [2.05, 4.69) is 16.0 Å². The molecule has 0 amide bonds. The van der Waals surface area contributed by atoms with E-state index in [4.69, 9.17) is 20.4 Å². The van der Waals surface area contributed by atoms with Crippen LogP contribution in [0.1, 0.15) is 12.8 Å².